The Hall–Kier alpha value is -5.31. The second-order valence-electron chi connectivity index (χ2n) is 9.79. The Morgan fingerprint density at radius 1 is 0.477 bits per heavy atom. The summed E-state index contributed by atoms with van der Waals surface area (Å²) in [6.45, 7) is 0. The zero-order valence-corrected chi connectivity index (χ0v) is 25.5. The van der Waals surface area contributed by atoms with Gasteiger partial charge in [0.15, 0.2) is 23.0 Å². The van der Waals surface area contributed by atoms with Crippen molar-refractivity contribution in [3.8, 4) is 57.1 Å². The molecule has 0 aliphatic heterocycles. The number of methoxy groups -OCH3 is 6. The minimum absolute atomic E-state index is 0.219. The summed E-state index contributed by atoms with van der Waals surface area (Å²) in [6, 6.07) is 21.8. The molecule has 0 radical (unpaired) electrons. The topological polar surface area (TPSA) is 90.9 Å². The first-order valence-corrected chi connectivity index (χ1v) is 13.9. The van der Waals surface area contributed by atoms with Crippen LogP contribution in [0.15, 0.2) is 78.4 Å². The van der Waals surface area contributed by atoms with Crippen molar-refractivity contribution in [2.24, 2.45) is 0 Å². The number of carbonyl (C=O) groups excluding carboxylic acids is 1. The highest BCUT2D eigenvalue weighted by molar-refractivity contribution is 5.95. The average Bonchev–Trinajstić information content (AvgIpc) is 3.92. The van der Waals surface area contributed by atoms with Crippen LogP contribution in [0.25, 0.3) is 16.9 Å². The first kappa shape index (κ1) is 30.2. The van der Waals surface area contributed by atoms with Crippen molar-refractivity contribution in [1.82, 2.24) is 0 Å². The molecular formula is C35H34O9. The lowest BCUT2D eigenvalue weighted by Gasteiger charge is -2.17. The van der Waals surface area contributed by atoms with E-state index in [4.69, 9.17) is 37.9 Å². The van der Waals surface area contributed by atoms with Crippen molar-refractivity contribution in [3.63, 3.8) is 0 Å². The van der Waals surface area contributed by atoms with Gasteiger partial charge in [-0.3, -0.25) is 0 Å². The predicted octanol–water partition coefficient (Wildman–Crippen LogP) is 7.21. The van der Waals surface area contributed by atoms with Gasteiger partial charge in [-0.05, 0) is 59.9 Å². The van der Waals surface area contributed by atoms with Gasteiger partial charge < -0.3 is 37.9 Å². The van der Waals surface area contributed by atoms with Gasteiger partial charge in [-0.25, -0.2) is 4.79 Å². The summed E-state index contributed by atoms with van der Waals surface area (Å²) in [5, 5.41) is 0. The molecule has 44 heavy (non-hydrogen) atoms. The number of hydrogen-bond acceptors (Lipinski definition) is 9. The van der Waals surface area contributed by atoms with Gasteiger partial charge in [0.2, 0.25) is 0 Å². The summed E-state index contributed by atoms with van der Waals surface area (Å²) >= 11 is 0. The molecule has 4 aromatic rings. The third kappa shape index (κ3) is 6.36. The second kappa shape index (κ2) is 13.3. The van der Waals surface area contributed by atoms with Gasteiger partial charge >= 0.3 is 5.97 Å². The van der Waals surface area contributed by atoms with Crippen molar-refractivity contribution in [3.05, 3.63) is 89.5 Å². The number of esters is 1. The van der Waals surface area contributed by atoms with Gasteiger partial charge in [0.05, 0.1) is 48.2 Å². The molecule has 0 saturated heterocycles. The van der Waals surface area contributed by atoms with E-state index in [1.807, 2.05) is 42.5 Å². The highest BCUT2D eigenvalue weighted by Crippen LogP contribution is 2.44. The van der Waals surface area contributed by atoms with E-state index in [0.29, 0.717) is 46.0 Å². The Morgan fingerprint density at radius 3 is 1.30 bits per heavy atom. The number of allylic oxidation sites excluding steroid dienone is 1. The second-order valence-corrected chi connectivity index (χ2v) is 9.79. The van der Waals surface area contributed by atoms with E-state index in [9.17, 15) is 4.79 Å². The molecule has 9 nitrogen and oxygen atoms in total. The standard InChI is InChI=1S/C35H34O9/c1-37-28-19-32(41-5)30(39-3)17-26(28)34(23-7-8-23)43-24-13-9-21(10-14-24)22-11-15-25(16-12-22)44-35(36)27-18-31(40-4)33(42-6)20-29(27)38-2/h9-20H,7-8H2,1-6H3. The molecule has 1 fully saturated rings. The number of benzene rings is 4. The first-order chi connectivity index (χ1) is 21.4. The van der Waals surface area contributed by atoms with E-state index in [1.165, 1.54) is 33.0 Å². The number of ether oxygens (including phenoxy) is 8. The Morgan fingerprint density at radius 2 is 0.864 bits per heavy atom. The Balaban J connectivity index is 1.31. The zero-order valence-electron chi connectivity index (χ0n) is 25.5. The summed E-state index contributed by atoms with van der Waals surface area (Å²) < 4.78 is 44.6. The van der Waals surface area contributed by atoms with Crippen molar-refractivity contribution in [1.29, 1.82) is 0 Å². The maximum Gasteiger partial charge on any atom is 0.347 e. The van der Waals surface area contributed by atoms with E-state index in [-0.39, 0.29) is 5.56 Å². The summed E-state index contributed by atoms with van der Waals surface area (Å²) in [4.78, 5) is 13.0. The Bertz CT molecular complexity index is 1670. The van der Waals surface area contributed by atoms with Crippen LogP contribution in [0.2, 0.25) is 0 Å². The summed E-state index contributed by atoms with van der Waals surface area (Å²) in [6.07, 6.45) is 1.92. The molecule has 4 aromatic carbocycles. The molecule has 0 unspecified atom stereocenters. The monoisotopic (exact) mass is 598 g/mol. The van der Waals surface area contributed by atoms with Crippen LogP contribution >= 0.6 is 0 Å². The van der Waals surface area contributed by atoms with Crippen LogP contribution < -0.4 is 37.9 Å². The number of carbonyl (C=O) groups is 1. The van der Waals surface area contributed by atoms with Crippen LogP contribution in [0.5, 0.6) is 46.0 Å². The van der Waals surface area contributed by atoms with Crippen molar-refractivity contribution in [2.45, 2.75) is 12.8 Å². The fourth-order valence-corrected chi connectivity index (χ4v) is 4.71. The Kier molecular flexibility index (Phi) is 9.14. The van der Waals surface area contributed by atoms with Crippen LogP contribution in [0.3, 0.4) is 0 Å². The number of hydrogen-bond donors (Lipinski definition) is 0. The molecule has 228 valence electrons. The molecule has 1 aliphatic rings. The molecule has 1 aliphatic carbocycles. The van der Waals surface area contributed by atoms with E-state index in [0.717, 1.165) is 35.3 Å². The zero-order chi connectivity index (χ0) is 31.2. The van der Waals surface area contributed by atoms with Crippen LogP contribution in [0, 0.1) is 0 Å². The molecule has 0 aromatic heterocycles. The van der Waals surface area contributed by atoms with E-state index >= 15 is 0 Å². The van der Waals surface area contributed by atoms with Crippen LogP contribution in [-0.4, -0.2) is 48.6 Å². The summed E-state index contributed by atoms with van der Waals surface area (Å²) in [5.74, 6) is 4.23. The van der Waals surface area contributed by atoms with Crippen LogP contribution in [-0.2, 0) is 0 Å². The van der Waals surface area contributed by atoms with Crippen LogP contribution in [0.4, 0.5) is 0 Å². The van der Waals surface area contributed by atoms with Crippen molar-refractivity contribution in [2.75, 3.05) is 42.7 Å². The molecule has 0 bridgehead atoms. The van der Waals surface area contributed by atoms with E-state index < -0.39 is 5.97 Å². The molecule has 0 N–H and O–H groups in total. The minimum Gasteiger partial charge on any atom is -0.496 e. The van der Waals surface area contributed by atoms with Crippen molar-refractivity contribution >= 4 is 11.7 Å². The molecule has 0 amide bonds. The quantitative estimate of drug-likeness (QED) is 0.0953. The average molecular weight is 599 g/mol. The molecule has 5 rings (SSSR count). The van der Waals surface area contributed by atoms with Gasteiger partial charge in [0.25, 0.3) is 0 Å². The third-order valence-electron chi connectivity index (χ3n) is 7.17. The van der Waals surface area contributed by atoms with E-state index in [1.54, 1.807) is 45.6 Å². The highest BCUT2D eigenvalue weighted by Gasteiger charge is 2.26. The molecule has 0 atom stereocenters. The van der Waals surface area contributed by atoms with Gasteiger partial charge in [-0.2, -0.15) is 0 Å². The largest absolute Gasteiger partial charge is 0.496 e. The lowest BCUT2D eigenvalue weighted by atomic mass is 10.1. The highest BCUT2D eigenvalue weighted by atomic mass is 16.5. The molecule has 0 heterocycles. The SMILES string of the molecule is COc1cc(OC)c(C(=O)Oc2ccc(-c3ccc(OC(=C4CC4)c4cc(OC)c(OC)cc4OC)cc3)cc2)cc1OC. The number of rotatable bonds is 12. The maximum absolute atomic E-state index is 13.0. The smallest absolute Gasteiger partial charge is 0.347 e. The van der Waals surface area contributed by atoms with E-state index in [2.05, 4.69) is 0 Å². The molecule has 0 spiro atoms. The third-order valence-corrected chi connectivity index (χ3v) is 7.17. The summed E-state index contributed by atoms with van der Waals surface area (Å²) in [5.41, 5.74) is 4.15. The van der Waals surface area contributed by atoms with Crippen LogP contribution in [0.1, 0.15) is 28.8 Å². The van der Waals surface area contributed by atoms with Gasteiger partial charge in [-0.1, -0.05) is 24.3 Å². The molecular weight excluding hydrogens is 564 g/mol. The normalized spacial score (nSPS) is 11.7. The molecule has 1 saturated carbocycles. The predicted molar refractivity (Wildman–Crippen MR) is 166 cm³/mol. The first-order valence-electron chi connectivity index (χ1n) is 13.9. The molecule has 9 heteroatoms. The van der Waals surface area contributed by atoms with Gasteiger partial charge in [0.1, 0.15) is 34.3 Å². The van der Waals surface area contributed by atoms with Crippen molar-refractivity contribution < 1.29 is 42.7 Å². The fraction of sp³-hybridized carbons (Fsp3) is 0.229. The Labute approximate surface area is 256 Å². The van der Waals surface area contributed by atoms with Gasteiger partial charge in [-0.15, -0.1) is 0 Å². The lowest BCUT2D eigenvalue weighted by molar-refractivity contribution is 0.0730. The fourth-order valence-electron chi connectivity index (χ4n) is 4.71. The minimum atomic E-state index is -0.580. The summed E-state index contributed by atoms with van der Waals surface area (Å²) in [7, 11) is 9.29. The lowest BCUT2D eigenvalue weighted by Crippen LogP contribution is -2.11. The maximum atomic E-state index is 13.0. The van der Waals surface area contributed by atoms with Gasteiger partial charge in [0, 0.05) is 18.2 Å².